The molecule has 1 atom stereocenters. The number of hydrogen-bond donors (Lipinski definition) is 1. The molecule has 0 unspecified atom stereocenters. The van der Waals surface area contributed by atoms with Crippen molar-refractivity contribution < 1.29 is 23.6 Å². The lowest BCUT2D eigenvalue weighted by Gasteiger charge is -2.34. The Morgan fingerprint density at radius 3 is 2.42 bits per heavy atom. The number of rotatable bonds is 3. The Morgan fingerprint density at radius 1 is 1.16 bits per heavy atom. The molecular weight excluding hydrogens is 395 g/mol. The van der Waals surface area contributed by atoms with E-state index in [4.69, 9.17) is 14.0 Å². The van der Waals surface area contributed by atoms with Crippen LogP contribution in [0.4, 0.5) is 4.79 Å². The zero-order valence-electron chi connectivity index (χ0n) is 19.8. The van der Waals surface area contributed by atoms with Gasteiger partial charge in [0.05, 0.1) is 11.2 Å². The largest absolute Gasteiger partial charge is 0.494 e. The molecular formula is C23H35BN2O5. The van der Waals surface area contributed by atoms with Gasteiger partial charge in [-0.05, 0) is 78.9 Å². The Hall–Kier alpha value is -2.06. The Bertz CT molecular complexity index is 818. The average molecular weight is 430 g/mol. The quantitative estimate of drug-likeness (QED) is 0.746. The third-order valence-corrected chi connectivity index (χ3v) is 6.08. The highest BCUT2D eigenvalue weighted by molar-refractivity contribution is 6.62. The maximum Gasteiger partial charge on any atom is 0.494 e. The lowest BCUT2D eigenvalue weighted by atomic mass is 9.78. The van der Waals surface area contributed by atoms with Gasteiger partial charge in [0.2, 0.25) is 0 Å². The molecule has 1 aromatic rings. The number of ether oxygens (including phenoxy) is 1. The summed E-state index contributed by atoms with van der Waals surface area (Å²) in [5, 5.41) is 3.06. The predicted molar refractivity (Wildman–Crippen MR) is 120 cm³/mol. The average Bonchev–Trinajstić information content (AvgIpc) is 2.88. The van der Waals surface area contributed by atoms with E-state index in [0.29, 0.717) is 18.7 Å². The summed E-state index contributed by atoms with van der Waals surface area (Å²) in [6.07, 6.45) is 1.30. The first-order chi connectivity index (χ1) is 14.3. The molecule has 1 N–H and O–H groups in total. The van der Waals surface area contributed by atoms with E-state index in [1.54, 1.807) is 11.0 Å². The molecule has 8 heteroatoms. The monoisotopic (exact) mass is 430 g/mol. The fraction of sp³-hybridized carbons (Fsp3) is 0.652. The van der Waals surface area contributed by atoms with Crippen LogP contribution in [-0.2, 0) is 14.0 Å². The summed E-state index contributed by atoms with van der Waals surface area (Å²) in [4.78, 5) is 27.0. The fourth-order valence-electron chi connectivity index (χ4n) is 3.66. The number of carbonyl (C=O) groups excluding carboxylic acids is 2. The minimum absolute atomic E-state index is 0.116. The van der Waals surface area contributed by atoms with Gasteiger partial charge < -0.3 is 24.3 Å². The Labute approximate surface area is 185 Å². The first-order valence-corrected chi connectivity index (χ1v) is 11.0. The summed E-state index contributed by atoms with van der Waals surface area (Å²) < 4.78 is 17.7. The van der Waals surface area contributed by atoms with Crippen LogP contribution in [0.25, 0.3) is 0 Å². The fourth-order valence-corrected chi connectivity index (χ4v) is 3.66. The molecule has 0 aliphatic carbocycles. The van der Waals surface area contributed by atoms with Crippen molar-refractivity contribution in [3.8, 4) is 0 Å². The summed E-state index contributed by atoms with van der Waals surface area (Å²) >= 11 is 0. The first kappa shape index (κ1) is 23.6. The lowest BCUT2D eigenvalue weighted by molar-refractivity contribution is 0.00578. The number of nitrogens with one attached hydrogen (secondary N) is 1. The van der Waals surface area contributed by atoms with E-state index in [9.17, 15) is 9.59 Å². The molecule has 3 rings (SSSR count). The van der Waals surface area contributed by atoms with Gasteiger partial charge in [0.1, 0.15) is 5.60 Å². The van der Waals surface area contributed by atoms with Crippen LogP contribution in [0, 0.1) is 0 Å². The van der Waals surface area contributed by atoms with Gasteiger partial charge in [-0.1, -0.05) is 12.1 Å². The minimum Gasteiger partial charge on any atom is -0.444 e. The van der Waals surface area contributed by atoms with E-state index >= 15 is 0 Å². The Balaban J connectivity index is 1.64. The molecule has 2 heterocycles. The molecule has 0 saturated carbocycles. The second-order valence-electron chi connectivity index (χ2n) is 10.5. The van der Waals surface area contributed by atoms with E-state index in [1.807, 2.05) is 66.7 Å². The van der Waals surface area contributed by atoms with Gasteiger partial charge in [0.25, 0.3) is 5.91 Å². The molecule has 2 amide bonds. The van der Waals surface area contributed by atoms with Crippen LogP contribution in [0.5, 0.6) is 0 Å². The first-order valence-electron chi connectivity index (χ1n) is 11.0. The van der Waals surface area contributed by atoms with Gasteiger partial charge in [0, 0.05) is 24.7 Å². The zero-order chi connectivity index (χ0) is 23.0. The minimum atomic E-state index is -0.540. The molecule has 0 aromatic heterocycles. The third kappa shape index (κ3) is 5.60. The molecule has 2 aliphatic rings. The van der Waals surface area contributed by atoms with Crippen molar-refractivity contribution in [2.75, 3.05) is 13.1 Å². The molecule has 0 bridgehead atoms. The highest BCUT2D eigenvalue weighted by Gasteiger charge is 2.51. The maximum atomic E-state index is 12.9. The molecule has 7 nitrogen and oxygen atoms in total. The van der Waals surface area contributed by atoms with Gasteiger partial charge in [-0.25, -0.2) is 4.79 Å². The molecule has 2 fully saturated rings. The number of hydrogen-bond acceptors (Lipinski definition) is 5. The molecule has 170 valence electrons. The highest BCUT2D eigenvalue weighted by Crippen LogP contribution is 2.36. The summed E-state index contributed by atoms with van der Waals surface area (Å²) in [7, 11) is -0.518. The van der Waals surface area contributed by atoms with Crippen molar-refractivity contribution in [1.29, 1.82) is 0 Å². The van der Waals surface area contributed by atoms with Crippen molar-refractivity contribution in [3.63, 3.8) is 0 Å². The van der Waals surface area contributed by atoms with Crippen molar-refractivity contribution in [2.24, 2.45) is 0 Å². The van der Waals surface area contributed by atoms with Gasteiger partial charge in [-0.15, -0.1) is 0 Å². The van der Waals surface area contributed by atoms with Crippen LogP contribution >= 0.6 is 0 Å². The van der Waals surface area contributed by atoms with Crippen LogP contribution in [0.1, 0.15) is 71.7 Å². The van der Waals surface area contributed by atoms with Crippen LogP contribution in [0.15, 0.2) is 24.3 Å². The third-order valence-electron chi connectivity index (χ3n) is 6.08. The summed E-state index contributed by atoms with van der Waals surface area (Å²) in [6.45, 7) is 14.6. The smallest absolute Gasteiger partial charge is 0.444 e. The van der Waals surface area contributed by atoms with Crippen LogP contribution in [0.3, 0.4) is 0 Å². The van der Waals surface area contributed by atoms with Gasteiger partial charge in [0.15, 0.2) is 0 Å². The normalized spacial score (nSPS) is 22.9. The highest BCUT2D eigenvalue weighted by atomic mass is 16.7. The topological polar surface area (TPSA) is 77.1 Å². The number of benzene rings is 1. The second kappa shape index (κ2) is 8.47. The van der Waals surface area contributed by atoms with Gasteiger partial charge >= 0.3 is 13.2 Å². The summed E-state index contributed by atoms with van der Waals surface area (Å²) in [5.41, 5.74) is -0.0695. The van der Waals surface area contributed by atoms with Gasteiger partial charge in [-0.2, -0.15) is 0 Å². The summed E-state index contributed by atoms with van der Waals surface area (Å²) in [5.74, 6) is -0.172. The van der Waals surface area contributed by atoms with Crippen molar-refractivity contribution in [1.82, 2.24) is 10.2 Å². The number of carbonyl (C=O) groups is 2. The molecule has 0 spiro atoms. The molecule has 0 radical (unpaired) electrons. The standard InChI is InChI=1S/C23H35BN2O5/c1-21(2,3)29-20(28)26-13-9-12-18(15-26)25-19(27)16-10-8-11-17(14-16)24-30-22(4,5)23(6,7)31-24/h8,10-11,14,18H,9,12-13,15H2,1-7H3,(H,25,27)/t18-/m1/s1. The van der Waals surface area contributed by atoms with Crippen LogP contribution in [0.2, 0.25) is 0 Å². The van der Waals surface area contributed by atoms with Crippen molar-refractivity contribution in [2.45, 2.75) is 84.2 Å². The van der Waals surface area contributed by atoms with E-state index in [0.717, 1.165) is 18.3 Å². The number of nitrogens with zero attached hydrogens (tertiary/aromatic N) is 1. The molecule has 2 aliphatic heterocycles. The maximum absolute atomic E-state index is 12.9. The predicted octanol–water partition coefficient (Wildman–Crippen LogP) is 3.12. The van der Waals surface area contributed by atoms with Gasteiger partial charge in [-0.3, -0.25) is 4.79 Å². The van der Waals surface area contributed by atoms with E-state index in [2.05, 4.69) is 5.32 Å². The van der Waals surface area contributed by atoms with Crippen molar-refractivity contribution >= 4 is 24.6 Å². The molecule has 31 heavy (non-hydrogen) atoms. The number of amides is 2. The summed E-state index contributed by atoms with van der Waals surface area (Å²) in [6, 6.07) is 7.21. The Morgan fingerprint density at radius 2 is 1.81 bits per heavy atom. The van der Waals surface area contributed by atoms with E-state index < -0.39 is 23.9 Å². The second-order valence-corrected chi connectivity index (χ2v) is 10.5. The van der Waals surface area contributed by atoms with E-state index in [-0.39, 0.29) is 18.0 Å². The molecule has 1 aromatic carbocycles. The van der Waals surface area contributed by atoms with Crippen LogP contribution in [-0.4, -0.2) is 60.0 Å². The SMILES string of the molecule is CC(C)(C)OC(=O)N1CCC[C@@H](NC(=O)c2cccc(B3OC(C)(C)C(C)(C)O3)c2)C1. The van der Waals surface area contributed by atoms with Crippen LogP contribution < -0.4 is 10.8 Å². The Kier molecular flexibility index (Phi) is 6.45. The number of piperidine rings is 1. The number of likely N-dealkylation sites (tertiary alicyclic amines) is 1. The molecule has 2 saturated heterocycles. The lowest BCUT2D eigenvalue weighted by Crippen LogP contribution is -2.50. The van der Waals surface area contributed by atoms with E-state index in [1.165, 1.54) is 0 Å². The zero-order valence-corrected chi connectivity index (χ0v) is 19.8. The van der Waals surface area contributed by atoms with Crippen molar-refractivity contribution in [3.05, 3.63) is 29.8 Å².